The third-order valence-electron chi connectivity index (χ3n) is 4.85. The summed E-state index contributed by atoms with van der Waals surface area (Å²) in [6, 6.07) is 10.7. The molecule has 1 atom stereocenters. The van der Waals surface area contributed by atoms with Gasteiger partial charge in [0.25, 0.3) is 0 Å². The molecular weight excluding hydrogens is 330 g/mol. The third kappa shape index (κ3) is 1.43. The number of anilines is 1. The van der Waals surface area contributed by atoms with E-state index < -0.39 is 0 Å². The zero-order valence-electron chi connectivity index (χ0n) is 11.4. The number of hydrogen-bond donors (Lipinski definition) is 1. The molecular formula is C17H14BrNO2. The first kappa shape index (κ1) is 11.9. The topological polar surface area (TPSA) is 30.5 Å². The van der Waals surface area contributed by atoms with Crippen LogP contribution in [0.1, 0.15) is 16.7 Å². The third-order valence-corrected chi connectivity index (χ3v) is 5.51. The Morgan fingerprint density at radius 1 is 1.14 bits per heavy atom. The molecule has 0 amide bonds. The molecule has 0 saturated carbocycles. The Morgan fingerprint density at radius 3 is 3.05 bits per heavy atom. The van der Waals surface area contributed by atoms with Crippen molar-refractivity contribution in [3.8, 4) is 11.5 Å². The highest BCUT2D eigenvalue weighted by Crippen LogP contribution is 2.53. The minimum absolute atomic E-state index is 0.0810. The Labute approximate surface area is 131 Å². The van der Waals surface area contributed by atoms with E-state index in [1.54, 1.807) is 0 Å². The van der Waals surface area contributed by atoms with Gasteiger partial charge in [0.2, 0.25) is 0 Å². The van der Waals surface area contributed by atoms with E-state index in [1.807, 2.05) is 0 Å². The van der Waals surface area contributed by atoms with E-state index in [9.17, 15) is 0 Å². The second-order valence-corrected chi connectivity index (χ2v) is 6.80. The maximum atomic E-state index is 6.03. The van der Waals surface area contributed by atoms with Crippen LogP contribution in [0.15, 0.2) is 34.8 Å². The summed E-state index contributed by atoms with van der Waals surface area (Å²) in [6.45, 7) is 2.36. The maximum absolute atomic E-state index is 6.03. The first-order valence-electron chi connectivity index (χ1n) is 7.24. The lowest BCUT2D eigenvalue weighted by Gasteiger charge is -2.23. The Bertz CT molecular complexity index is 774. The van der Waals surface area contributed by atoms with Crippen LogP contribution in [0.5, 0.6) is 11.5 Å². The molecule has 4 heteroatoms. The molecule has 0 saturated heterocycles. The molecule has 21 heavy (non-hydrogen) atoms. The zero-order chi connectivity index (χ0) is 14.0. The van der Waals surface area contributed by atoms with Gasteiger partial charge in [0.15, 0.2) is 0 Å². The second-order valence-electron chi connectivity index (χ2n) is 5.94. The second kappa shape index (κ2) is 3.95. The van der Waals surface area contributed by atoms with Crippen LogP contribution < -0.4 is 14.8 Å². The Kier molecular flexibility index (Phi) is 2.24. The Hall–Kier alpha value is -1.68. The van der Waals surface area contributed by atoms with Crippen LogP contribution in [-0.2, 0) is 11.8 Å². The first-order valence-corrected chi connectivity index (χ1v) is 8.03. The van der Waals surface area contributed by atoms with Crippen LogP contribution in [0.2, 0.25) is 0 Å². The molecule has 0 aromatic heterocycles. The van der Waals surface area contributed by atoms with Crippen molar-refractivity contribution >= 4 is 21.6 Å². The summed E-state index contributed by atoms with van der Waals surface area (Å²) in [4.78, 5) is 0. The summed E-state index contributed by atoms with van der Waals surface area (Å²) in [7, 11) is 0. The summed E-state index contributed by atoms with van der Waals surface area (Å²) in [5, 5.41) is 3.54. The van der Waals surface area contributed by atoms with Gasteiger partial charge in [0.05, 0.1) is 12.0 Å². The van der Waals surface area contributed by atoms with Gasteiger partial charge < -0.3 is 14.8 Å². The number of benzene rings is 2. The van der Waals surface area contributed by atoms with E-state index in [0.717, 1.165) is 35.5 Å². The van der Waals surface area contributed by atoms with Crippen molar-refractivity contribution in [1.82, 2.24) is 0 Å². The summed E-state index contributed by atoms with van der Waals surface area (Å²) >= 11 is 3.73. The SMILES string of the molecule is Brc1cccc2c1C1(CN2)COc2cc3c(cc21)CCO3. The molecule has 0 radical (unpaired) electrons. The summed E-state index contributed by atoms with van der Waals surface area (Å²) < 4.78 is 12.8. The average Bonchev–Trinajstić information content (AvgIpc) is 3.17. The van der Waals surface area contributed by atoms with Gasteiger partial charge in [-0.15, -0.1) is 0 Å². The monoisotopic (exact) mass is 343 g/mol. The first-order chi connectivity index (χ1) is 10.3. The molecule has 0 bridgehead atoms. The Balaban J connectivity index is 1.76. The smallest absolute Gasteiger partial charge is 0.127 e. The fraction of sp³-hybridized carbons (Fsp3) is 0.294. The fourth-order valence-corrected chi connectivity index (χ4v) is 4.57. The lowest BCUT2D eigenvalue weighted by Crippen LogP contribution is -2.32. The number of hydrogen-bond acceptors (Lipinski definition) is 3. The van der Waals surface area contributed by atoms with Crippen molar-refractivity contribution in [2.45, 2.75) is 11.8 Å². The molecule has 1 spiro atoms. The van der Waals surface area contributed by atoms with E-state index in [4.69, 9.17) is 9.47 Å². The molecule has 3 aliphatic rings. The average molecular weight is 344 g/mol. The lowest BCUT2D eigenvalue weighted by atomic mass is 9.77. The van der Waals surface area contributed by atoms with Gasteiger partial charge in [-0.25, -0.2) is 0 Å². The summed E-state index contributed by atoms with van der Waals surface area (Å²) in [5.41, 5.74) is 5.05. The predicted octanol–water partition coefficient (Wildman–Crippen LogP) is 3.49. The van der Waals surface area contributed by atoms with Crippen molar-refractivity contribution in [1.29, 1.82) is 0 Å². The molecule has 5 rings (SSSR count). The van der Waals surface area contributed by atoms with Crippen molar-refractivity contribution < 1.29 is 9.47 Å². The minimum Gasteiger partial charge on any atom is -0.493 e. The molecule has 1 unspecified atom stereocenters. The molecule has 2 aromatic carbocycles. The zero-order valence-corrected chi connectivity index (χ0v) is 13.0. The van der Waals surface area contributed by atoms with Gasteiger partial charge in [0.1, 0.15) is 18.1 Å². The van der Waals surface area contributed by atoms with E-state index in [1.165, 1.54) is 22.4 Å². The number of nitrogens with one attached hydrogen (secondary N) is 1. The maximum Gasteiger partial charge on any atom is 0.127 e. The van der Waals surface area contributed by atoms with Gasteiger partial charge in [-0.3, -0.25) is 0 Å². The molecule has 2 aromatic rings. The van der Waals surface area contributed by atoms with Crippen LogP contribution in [0.3, 0.4) is 0 Å². The van der Waals surface area contributed by atoms with Gasteiger partial charge in [-0.2, -0.15) is 0 Å². The van der Waals surface area contributed by atoms with Crippen molar-refractivity contribution in [2.75, 3.05) is 25.1 Å². The molecule has 0 fully saturated rings. The largest absolute Gasteiger partial charge is 0.493 e. The molecule has 3 heterocycles. The van der Waals surface area contributed by atoms with Gasteiger partial charge in [-0.1, -0.05) is 22.0 Å². The highest BCUT2D eigenvalue weighted by atomic mass is 79.9. The van der Waals surface area contributed by atoms with Gasteiger partial charge >= 0.3 is 0 Å². The van der Waals surface area contributed by atoms with Crippen molar-refractivity contribution in [2.24, 2.45) is 0 Å². The van der Waals surface area contributed by atoms with E-state index in [-0.39, 0.29) is 5.41 Å². The molecule has 0 aliphatic carbocycles. The van der Waals surface area contributed by atoms with Crippen LogP contribution >= 0.6 is 15.9 Å². The predicted molar refractivity (Wildman–Crippen MR) is 84.5 cm³/mol. The van der Waals surface area contributed by atoms with Gasteiger partial charge in [-0.05, 0) is 23.8 Å². The molecule has 3 nitrogen and oxygen atoms in total. The minimum atomic E-state index is -0.0810. The van der Waals surface area contributed by atoms with Crippen LogP contribution in [0, 0.1) is 0 Å². The van der Waals surface area contributed by atoms with Crippen LogP contribution in [0.25, 0.3) is 0 Å². The lowest BCUT2D eigenvalue weighted by molar-refractivity contribution is 0.300. The standard InChI is InChI=1S/C17H14BrNO2/c18-12-2-1-3-13-16(12)17(8-19-13)9-21-15-7-14-10(4-5-20-14)6-11(15)17/h1-3,6-7,19H,4-5,8-9H2. The Morgan fingerprint density at radius 2 is 2.10 bits per heavy atom. The number of ether oxygens (including phenoxy) is 2. The van der Waals surface area contributed by atoms with E-state index >= 15 is 0 Å². The molecule has 3 aliphatic heterocycles. The summed E-state index contributed by atoms with van der Waals surface area (Å²) in [6.07, 6.45) is 0.995. The number of fused-ring (bicyclic) bond motifs is 5. The molecule has 106 valence electrons. The number of rotatable bonds is 0. The van der Waals surface area contributed by atoms with E-state index in [2.05, 4.69) is 51.6 Å². The van der Waals surface area contributed by atoms with Crippen LogP contribution in [0.4, 0.5) is 5.69 Å². The quantitative estimate of drug-likeness (QED) is 0.794. The van der Waals surface area contributed by atoms with Gasteiger partial charge in [0, 0.05) is 40.3 Å². The molecule has 1 N–H and O–H groups in total. The fourth-order valence-electron chi connectivity index (χ4n) is 3.82. The normalized spacial score (nSPS) is 24.0. The summed E-state index contributed by atoms with van der Waals surface area (Å²) in [5.74, 6) is 1.96. The van der Waals surface area contributed by atoms with Crippen molar-refractivity contribution in [3.05, 3.63) is 51.5 Å². The highest BCUT2D eigenvalue weighted by molar-refractivity contribution is 9.10. The highest BCUT2D eigenvalue weighted by Gasteiger charge is 2.48. The van der Waals surface area contributed by atoms with E-state index in [0.29, 0.717) is 6.61 Å². The number of halogens is 1. The van der Waals surface area contributed by atoms with Crippen molar-refractivity contribution in [3.63, 3.8) is 0 Å². The van der Waals surface area contributed by atoms with Crippen LogP contribution in [-0.4, -0.2) is 19.8 Å².